The van der Waals surface area contributed by atoms with Crippen molar-refractivity contribution in [2.45, 2.75) is 18.0 Å². The van der Waals surface area contributed by atoms with Crippen LogP contribution in [0.3, 0.4) is 0 Å². The third-order valence-electron chi connectivity index (χ3n) is 6.19. The van der Waals surface area contributed by atoms with Crippen LogP contribution in [-0.4, -0.2) is 52.5 Å². The molecule has 8 nitrogen and oxygen atoms in total. The fourth-order valence-corrected chi connectivity index (χ4v) is 4.78. The molecule has 1 heterocycles. The van der Waals surface area contributed by atoms with Gasteiger partial charge in [-0.1, -0.05) is 42.5 Å². The average molecular weight is 495 g/mol. The molecule has 0 bridgehead atoms. The minimum atomic E-state index is -3.94. The molecule has 0 unspecified atom stereocenters. The van der Waals surface area contributed by atoms with Crippen molar-refractivity contribution in [3.8, 4) is 5.75 Å². The zero-order chi connectivity index (χ0) is 24.8. The Balaban J connectivity index is 1.40. The molecule has 1 aliphatic heterocycles. The van der Waals surface area contributed by atoms with Gasteiger partial charge < -0.3 is 15.0 Å². The Morgan fingerprint density at radius 3 is 2.26 bits per heavy atom. The summed E-state index contributed by atoms with van der Waals surface area (Å²) in [7, 11) is -2.51. The van der Waals surface area contributed by atoms with E-state index in [-0.39, 0.29) is 16.2 Å². The lowest BCUT2D eigenvalue weighted by Crippen LogP contribution is -2.46. The molecule has 0 aromatic heterocycles. The third kappa shape index (κ3) is 6.19. The minimum Gasteiger partial charge on any atom is -0.496 e. The molecule has 0 aliphatic carbocycles. The van der Waals surface area contributed by atoms with Crippen molar-refractivity contribution < 1.29 is 17.9 Å². The lowest BCUT2D eigenvalue weighted by molar-refractivity contribution is 0.0947. The number of ether oxygens (including phenoxy) is 1. The molecule has 1 amide bonds. The molecule has 3 aromatic carbocycles. The second-order valence-electron chi connectivity index (χ2n) is 8.46. The smallest absolute Gasteiger partial charge is 0.255 e. The lowest BCUT2D eigenvalue weighted by atomic mass is 10.1. The average Bonchev–Trinajstić information content (AvgIpc) is 2.88. The number of piperazine rings is 1. The molecule has 9 heteroatoms. The summed E-state index contributed by atoms with van der Waals surface area (Å²) in [6.07, 6.45) is 0. The van der Waals surface area contributed by atoms with E-state index in [0.717, 1.165) is 43.9 Å². The number of hydrogen-bond acceptors (Lipinski definition) is 6. The van der Waals surface area contributed by atoms with Gasteiger partial charge >= 0.3 is 0 Å². The zero-order valence-corrected chi connectivity index (χ0v) is 20.5. The van der Waals surface area contributed by atoms with Gasteiger partial charge in [0.1, 0.15) is 5.75 Å². The summed E-state index contributed by atoms with van der Waals surface area (Å²) < 4.78 is 28.7. The molecular weight excluding hydrogens is 464 g/mol. The number of rotatable bonds is 8. The summed E-state index contributed by atoms with van der Waals surface area (Å²) in [6.45, 7) is 4.92. The Labute approximate surface area is 206 Å². The molecule has 4 rings (SSSR count). The van der Waals surface area contributed by atoms with Gasteiger partial charge in [-0.05, 0) is 41.5 Å². The first kappa shape index (κ1) is 24.7. The Morgan fingerprint density at radius 1 is 0.943 bits per heavy atom. The van der Waals surface area contributed by atoms with Crippen molar-refractivity contribution in [3.05, 3.63) is 89.5 Å². The van der Waals surface area contributed by atoms with Gasteiger partial charge in [0, 0.05) is 45.0 Å². The van der Waals surface area contributed by atoms with E-state index in [2.05, 4.69) is 45.4 Å². The highest BCUT2D eigenvalue weighted by Crippen LogP contribution is 2.23. The van der Waals surface area contributed by atoms with Crippen molar-refractivity contribution >= 4 is 21.6 Å². The standard InChI is InChI=1S/C26H30N4O4S/c1-34-25-12-11-23(35(27,32)33)17-24(25)26(31)28-18-20-7-5-6-8-21(20)19-29-13-15-30(16-14-29)22-9-3-2-4-10-22/h2-12,17H,13-16,18-19H2,1H3,(H,28,31)(H2,27,32,33). The molecule has 1 fully saturated rings. The molecule has 35 heavy (non-hydrogen) atoms. The first-order valence-electron chi connectivity index (χ1n) is 11.4. The highest BCUT2D eigenvalue weighted by molar-refractivity contribution is 7.89. The van der Waals surface area contributed by atoms with E-state index in [4.69, 9.17) is 9.88 Å². The van der Waals surface area contributed by atoms with Gasteiger partial charge in [0.25, 0.3) is 5.91 Å². The van der Waals surface area contributed by atoms with Crippen LogP contribution in [0.1, 0.15) is 21.5 Å². The Hall–Kier alpha value is -3.40. The van der Waals surface area contributed by atoms with Crippen molar-refractivity contribution in [1.82, 2.24) is 10.2 Å². The molecule has 0 spiro atoms. The number of para-hydroxylation sites is 1. The summed E-state index contributed by atoms with van der Waals surface area (Å²) in [6, 6.07) is 22.4. The van der Waals surface area contributed by atoms with Crippen molar-refractivity contribution in [3.63, 3.8) is 0 Å². The largest absolute Gasteiger partial charge is 0.496 e. The number of carbonyl (C=O) groups is 1. The molecule has 1 aliphatic rings. The van der Waals surface area contributed by atoms with Crippen molar-refractivity contribution in [2.24, 2.45) is 5.14 Å². The van der Waals surface area contributed by atoms with E-state index in [0.29, 0.717) is 6.54 Å². The van der Waals surface area contributed by atoms with Crippen LogP contribution in [0.4, 0.5) is 5.69 Å². The summed E-state index contributed by atoms with van der Waals surface area (Å²) in [4.78, 5) is 17.6. The number of nitrogens with one attached hydrogen (secondary N) is 1. The van der Waals surface area contributed by atoms with Gasteiger partial charge in [-0.3, -0.25) is 9.69 Å². The maximum absolute atomic E-state index is 12.9. The van der Waals surface area contributed by atoms with Gasteiger partial charge in [-0.25, -0.2) is 13.6 Å². The molecular formula is C26H30N4O4S. The SMILES string of the molecule is COc1ccc(S(N)(=O)=O)cc1C(=O)NCc1ccccc1CN1CCN(c2ccccc2)CC1. The number of sulfonamides is 1. The third-order valence-corrected chi connectivity index (χ3v) is 7.10. The van der Waals surface area contributed by atoms with E-state index >= 15 is 0 Å². The van der Waals surface area contributed by atoms with Crippen LogP contribution in [0.5, 0.6) is 5.75 Å². The van der Waals surface area contributed by atoms with Crippen LogP contribution in [0.25, 0.3) is 0 Å². The van der Waals surface area contributed by atoms with Crippen LogP contribution in [0.15, 0.2) is 77.7 Å². The normalized spacial score (nSPS) is 14.5. The van der Waals surface area contributed by atoms with Crippen LogP contribution in [-0.2, 0) is 23.1 Å². The molecule has 3 aromatic rings. The Morgan fingerprint density at radius 2 is 1.60 bits per heavy atom. The number of methoxy groups -OCH3 is 1. The molecule has 0 radical (unpaired) electrons. The van der Waals surface area contributed by atoms with E-state index in [9.17, 15) is 13.2 Å². The summed E-state index contributed by atoms with van der Waals surface area (Å²) in [5, 5.41) is 8.12. The zero-order valence-electron chi connectivity index (χ0n) is 19.7. The first-order valence-corrected chi connectivity index (χ1v) is 13.0. The number of nitrogens with two attached hydrogens (primary N) is 1. The molecule has 1 saturated heterocycles. The van der Waals surface area contributed by atoms with Crippen LogP contribution in [0.2, 0.25) is 0 Å². The van der Waals surface area contributed by atoms with E-state index in [1.807, 2.05) is 24.3 Å². The van der Waals surface area contributed by atoms with Gasteiger partial charge in [-0.2, -0.15) is 0 Å². The maximum Gasteiger partial charge on any atom is 0.255 e. The molecule has 0 saturated carbocycles. The van der Waals surface area contributed by atoms with Gasteiger partial charge in [0.2, 0.25) is 10.0 Å². The molecule has 3 N–H and O–H groups in total. The molecule has 184 valence electrons. The minimum absolute atomic E-state index is 0.119. The lowest BCUT2D eigenvalue weighted by Gasteiger charge is -2.36. The second-order valence-corrected chi connectivity index (χ2v) is 10.0. The monoisotopic (exact) mass is 494 g/mol. The maximum atomic E-state index is 12.9. The Bertz CT molecular complexity index is 1270. The van der Waals surface area contributed by atoms with Crippen molar-refractivity contribution in [1.29, 1.82) is 0 Å². The first-order chi connectivity index (χ1) is 16.8. The summed E-state index contributed by atoms with van der Waals surface area (Å²) >= 11 is 0. The fraction of sp³-hybridized carbons (Fsp3) is 0.269. The number of anilines is 1. The van der Waals surface area contributed by atoms with Gasteiger partial charge in [-0.15, -0.1) is 0 Å². The predicted molar refractivity (Wildman–Crippen MR) is 136 cm³/mol. The van der Waals surface area contributed by atoms with Gasteiger partial charge in [0.15, 0.2) is 0 Å². The van der Waals surface area contributed by atoms with Crippen molar-refractivity contribution in [2.75, 3.05) is 38.2 Å². The number of primary sulfonamides is 1. The number of hydrogen-bond donors (Lipinski definition) is 2. The number of carbonyl (C=O) groups excluding carboxylic acids is 1. The highest BCUT2D eigenvalue weighted by Gasteiger charge is 2.20. The number of nitrogens with zero attached hydrogens (tertiary/aromatic N) is 2. The highest BCUT2D eigenvalue weighted by atomic mass is 32.2. The van der Waals surface area contributed by atoms with Crippen LogP contribution < -0.4 is 20.1 Å². The quantitative estimate of drug-likeness (QED) is 0.499. The van der Waals surface area contributed by atoms with E-state index in [1.54, 1.807) is 0 Å². The van der Waals surface area contributed by atoms with Crippen LogP contribution in [0, 0.1) is 0 Å². The van der Waals surface area contributed by atoms with Crippen LogP contribution >= 0.6 is 0 Å². The number of benzene rings is 3. The fourth-order valence-electron chi connectivity index (χ4n) is 4.24. The summed E-state index contributed by atoms with van der Waals surface area (Å²) in [5.74, 6) is -0.155. The number of amides is 1. The Kier molecular flexibility index (Phi) is 7.70. The van der Waals surface area contributed by atoms with E-state index in [1.165, 1.54) is 31.0 Å². The second kappa shape index (κ2) is 10.9. The predicted octanol–water partition coefficient (Wildman–Crippen LogP) is 2.59. The topological polar surface area (TPSA) is 105 Å². The summed E-state index contributed by atoms with van der Waals surface area (Å²) in [5.41, 5.74) is 3.52. The van der Waals surface area contributed by atoms with Gasteiger partial charge in [0.05, 0.1) is 17.6 Å². The van der Waals surface area contributed by atoms with E-state index < -0.39 is 15.9 Å². The molecule has 0 atom stereocenters.